The summed E-state index contributed by atoms with van der Waals surface area (Å²) >= 11 is 0. The lowest BCUT2D eigenvalue weighted by Gasteiger charge is -1.98. The summed E-state index contributed by atoms with van der Waals surface area (Å²) in [4.78, 5) is 11.3. The molecule has 0 radical (unpaired) electrons. The molecule has 1 aromatic carbocycles. The quantitative estimate of drug-likeness (QED) is 0.653. The zero-order valence-electron chi connectivity index (χ0n) is 10.4. The Morgan fingerprint density at radius 2 is 2.73 bits per heavy atom. The lowest BCUT2D eigenvalue weighted by molar-refractivity contribution is 0.0959. The number of hydrogen-bond acceptors (Lipinski definition) is 1. The Hall–Kier alpha value is -1.38. The van der Waals surface area contributed by atoms with Crippen molar-refractivity contribution in [2.24, 2.45) is 0 Å². The van der Waals surface area contributed by atoms with Crippen LogP contribution in [0.15, 0.2) is 24.2 Å². The van der Waals surface area contributed by atoms with E-state index < -0.39 is 30.3 Å². The molecule has 1 N–H and O–H groups in total. The first-order chi connectivity index (χ1) is 7.20. The summed E-state index contributed by atoms with van der Waals surface area (Å²) in [6.07, 6.45) is 0. The van der Waals surface area contributed by atoms with Crippen LogP contribution >= 0.6 is 0 Å². The number of amides is 1. The second kappa shape index (κ2) is 3.14. The van der Waals surface area contributed by atoms with Crippen LogP contribution in [0.25, 0.3) is 0 Å². The van der Waals surface area contributed by atoms with Gasteiger partial charge in [-0.2, -0.15) is 0 Å². The monoisotopic (exact) mass is 158 g/mol. The van der Waals surface area contributed by atoms with Crippen molar-refractivity contribution in [1.82, 2.24) is 5.32 Å². The van der Waals surface area contributed by atoms with E-state index in [2.05, 4.69) is 0 Å². The van der Waals surface area contributed by atoms with Crippen molar-refractivity contribution < 1.29 is 16.0 Å². The Labute approximate surface area is 71.1 Å². The predicted molar refractivity (Wildman–Crippen MR) is 39.8 cm³/mol. The zero-order chi connectivity index (χ0) is 12.5. The molecule has 1 rings (SSSR count). The van der Waals surface area contributed by atoms with Gasteiger partial charge in [-0.3, -0.25) is 4.79 Å². The highest BCUT2D eigenvalue weighted by atomic mass is 19.1. The predicted octanol–water partition coefficient (Wildman–Crippen LogP) is 1.19. The van der Waals surface area contributed by atoms with Crippen LogP contribution in [0.1, 0.15) is 17.2 Å². The first kappa shape index (κ1) is 3.34. The highest BCUT2D eigenvalue weighted by Gasteiger charge is 2.06. The van der Waals surface area contributed by atoms with E-state index in [0.29, 0.717) is 0 Å². The minimum Gasteiger partial charge on any atom is -0.355 e. The number of carbonyl (C=O) groups is 1. The van der Waals surface area contributed by atoms with Crippen LogP contribution in [0.3, 0.4) is 0 Å². The van der Waals surface area contributed by atoms with Crippen molar-refractivity contribution in [3.8, 4) is 0 Å². The van der Waals surface area contributed by atoms with E-state index in [0.717, 1.165) is 12.1 Å². The van der Waals surface area contributed by atoms with E-state index in [1.807, 2.05) is 0 Å². The second-order valence-corrected chi connectivity index (χ2v) is 1.78. The van der Waals surface area contributed by atoms with Crippen LogP contribution in [0.4, 0.5) is 4.39 Å². The Morgan fingerprint density at radius 1 is 1.91 bits per heavy atom. The van der Waals surface area contributed by atoms with Crippen molar-refractivity contribution in [2.75, 3.05) is 6.98 Å². The maximum Gasteiger partial charge on any atom is 0.253 e. The van der Waals surface area contributed by atoms with Crippen molar-refractivity contribution >= 4 is 5.91 Å². The highest BCUT2D eigenvalue weighted by Crippen LogP contribution is 2.04. The lowest BCUT2D eigenvalue weighted by Crippen LogP contribution is -2.18. The van der Waals surface area contributed by atoms with Crippen molar-refractivity contribution in [3.05, 3.63) is 35.6 Å². The number of nitrogens with one attached hydrogen (secondary N) is 1. The van der Waals surface area contributed by atoms with Gasteiger partial charge in [0.25, 0.3) is 5.91 Å². The Balaban J connectivity index is 3.09. The van der Waals surface area contributed by atoms with Gasteiger partial charge in [0.1, 0.15) is 5.82 Å². The van der Waals surface area contributed by atoms with Gasteiger partial charge in [-0.25, -0.2) is 4.39 Å². The van der Waals surface area contributed by atoms with Gasteiger partial charge >= 0.3 is 0 Å². The fourth-order valence-electron chi connectivity index (χ4n) is 0.604. The molecule has 1 aromatic rings. The van der Waals surface area contributed by atoms with Gasteiger partial charge in [-0.1, -0.05) is 12.1 Å². The number of benzene rings is 1. The highest BCUT2D eigenvalue weighted by molar-refractivity contribution is 5.94. The van der Waals surface area contributed by atoms with Gasteiger partial charge in [0.15, 0.2) is 0 Å². The van der Waals surface area contributed by atoms with E-state index in [9.17, 15) is 9.18 Å². The topological polar surface area (TPSA) is 29.1 Å². The molecule has 0 saturated carbocycles. The van der Waals surface area contributed by atoms with Crippen molar-refractivity contribution in [2.45, 2.75) is 0 Å². The summed E-state index contributed by atoms with van der Waals surface area (Å²) in [5.74, 6) is -2.31. The average Bonchev–Trinajstić information content (AvgIpc) is 2.08. The Morgan fingerprint density at radius 3 is 3.45 bits per heavy atom. The lowest BCUT2D eigenvalue weighted by atomic mass is 10.2. The number of carbonyl (C=O) groups excluding carboxylic acids is 1. The van der Waals surface area contributed by atoms with Gasteiger partial charge < -0.3 is 5.32 Å². The minimum atomic E-state index is -2.73. The Bertz CT molecular complexity index is 431. The molecule has 0 heterocycles. The van der Waals surface area contributed by atoms with Crippen LogP contribution in [-0.4, -0.2) is 12.9 Å². The van der Waals surface area contributed by atoms with Crippen LogP contribution < -0.4 is 5.32 Å². The molecule has 0 aliphatic heterocycles. The van der Waals surface area contributed by atoms with Gasteiger partial charge in [0.05, 0.1) is 8.30 Å². The molecule has 0 spiro atoms. The van der Waals surface area contributed by atoms with Crippen LogP contribution in [0, 0.1) is 5.82 Å². The van der Waals surface area contributed by atoms with E-state index in [1.54, 1.807) is 5.32 Å². The van der Waals surface area contributed by atoms with Crippen LogP contribution in [-0.2, 0) is 0 Å². The summed E-state index contributed by atoms with van der Waals surface area (Å²) in [7, 11) is 0. The molecule has 0 fully saturated rings. The number of rotatable bonds is 1. The SMILES string of the molecule is [2H]c1cc([2H])c(F)c(C(=O)NC([2H])([2H])[2H])c1. The maximum atomic E-state index is 13.3. The van der Waals surface area contributed by atoms with Crippen molar-refractivity contribution in [3.63, 3.8) is 0 Å². The third-order valence-corrected chi connectivity index (χ3v) is 1.10. The fourth-order valence-corrected chi connectivity index (χ4v) is 0.604. The van der Waals surface area contributed by atoms with E-state index in [4.69, 9.17) is 6.85 Å². The molecule has 0 unspecified atom stereocenters. The molecule has 3 heteroatoms. The Kier molecular flexibility index (Phi) is 0.955. The summed E-state index contributed by atoms with van der Waals surface area (Å²) in [5.41, 5.74) is -0.617. The smallest absolute Gasteiger partial charge is 0.253 e. The first-order valence-corrected chi connectivity index (χ1v) is 2.80. The summed E-state index contributed by atoms with van der Waals surface area (Å²) in [6, 6.07) is 0.931. The third kappa shape index (κ3) is 1.55. The minimum absolute atomic E-state index is 0.234. The molecule has 0 aliphatic carbocycles. The van der Waals surface area contributed by atoms with E-state index >= 15 is 0 Å². The standard InChI is InChI=1S/C8H8FNO/c1-10-8(11)6-4-2-3-5-7(6)9/h2-5H,1H3,(H,10,11)/i1D3,2D,5D. The molecule has 1 amide bonds. The number of halogens is 1. The zero-order valence-corrected chi connectivity index (χ0v) is 5.44. The molecule has 0 bridgehead atoms. The van der Waals surface area contributed by atoms with Crippen LogP contribution in [0.5, 0.6) is 0 Å². The largest absolute Gasteiger partial charge is 0.355 e. The first-order valence-electron chi connectivity index (χ1n) is 5.30. The molecule has 2 nitrogen and oxygen atoms in total. The molecule has 58 valence electrons. The molecule has 0 atom stereocenters. The average molecular weight is 158 g/mol. The van der Waals surface area contributed by atoms with Gasteiger partial charge in [0.2, 0.25) is 0 Å². The summed E-state index contributed by atoms with van der Waals surface area (Å²) in [6.45, 7) is -2.73. The summed E-state index contributed by atoms with van der Waals surface area (Å²) in [5, 5.41) is 1.59. The maximum absolute atomic E-state index is 13.3. The van der Waals surface area contributed by atoms with E-state index in [-0.39, 0.29) is 6.04 Å². The molecule has 11 heavy (non-hydrogen) atoms. The molecule has 0 saturated heterocycles. The van der Waals surface area contributed by atoms with E-state index in [1.165, 1.54) is 0 Å². The molecule has 0 aliphatic rings. The molecular weight excluding hydrogens is 145 g/mol. The fraction of sp³-hybridized carbons (Fsp3) is 0.125. The third-order valence-electron chi connectivity index (χ3n) is 1.10. The van der Waals surface area contributed by atoms with Gasteiger partial charge in [-0.15, -0.1) is 0 Å². The molecule has 0 aromatic heterocycles. The van der Waals surface area contributed by atoms with Crippen LogP contribution in [0.2, 0.25) is 0 Å². The number of hydrogen-bond donors (Lipinski definition) is 1. The second-order valence-electron chi connectivity index (χ2n) is 1.78. The van der Waals surface area contributed by atoms with Gasteiger partial charge in [0, 0.05) is 11.1 Å². The normalized spacial score (nSPS) is 17.0. The van der Waals surface area contributed by atoms with Crippen molar-refractivity contribution in [1.29, 1.82) is 0 Å². The van der Waals surface area contributed by atoms with Gasteiger partial charge in [-0.05, 0) is 12.1 Å². The molecular formula is C8H8FNO. The summed E-state index contributed by atoms with van der Waals surface area (Å²) < 4.78 is 47.9.